The molecule has 146 valence electrons. The zero-order chi connectivity index (χ0) is 20.0. The summed E-state index contributed by atoms with van der Waals surface area (Å²) in [5, 5.41) is 2.94. The molecule has 3 aromatic rings. The maximum absolute atomic E-state index is 13.9. The average Bonchev–Trinajstić information content (AvgIpc) is 2.73. The molecule has 28 heavy (non-hydrogen) atoms. The third-order valence-corrected chi connectivity index (χ3v) is 8.42. The first kappa shape index (κ1) is 20.5. The van der Waals surface area contributed by atoms with Crippen molar-refractivity contribution in [1.82, 2.24) is 5.25 Å². The van der Waals surface area contributed by atoms with Crippen molar-refractivity contribution in [1.29, 1.82) is 0 Å². The maximum Gasteiger partial charge on any atom is 0.287 e. The van der Waals surface area contributed by atoms with E-state index >= 15 is 0 Å². The molecule has 0 fully saturated rings. The van der Waals surface area contributed by atoms with Crippen LogP contribution in [-0.4, -0.2) is 8.42 Å². The molecule has 1 N–H and O–H groups in total. The minimum absolute atomic E-state index is 0.310. The van der Waals surface area contributed by atoms with Gasteiger partial charge in [-0.15, -0.1) is 5.25 Å². The van der Waals surface area contributed by atoms with Crippen LogP contribution in [0.25, 0.3) is 0 Å². The van der Waals surface area contributed by atoms with E-state index in [1.165, 1.54) is 0 Å². The quantitative estimate of drug-likeness (QED) is 0.436. The van der Waals surface area contributed by atoms with Gasteiger partial charge in [0.25, 0.3) is 10.1 Å². The van der Waals surface area contributed by atoms with Crippen molar-refractivity contribution < 1.29 is 17.3 Å². The number of hydrogen-bond acceptors (Lipinski definition) is 4. The molecule has 5 nitrogen and oxygen atoms in total. The van der Waals surface area contributed by atoms with E-state index in [9.17, 15) is 13.0 Å². The summed E-state index contributed by atoms with van der Waals surface area (Å²) in [7, 11) is -7.41. The van der Waals surface area contributed by atoms with Crippen LogP contribution >= 0.6 is 7.29 Å². The molecule has 0 amide bonds. The van der Waals surface area contributed by atoms with E-state index in [2.05, 4.69) is 5.25 Å². The number of benzene rings is 3. The third-order valence-electron chi connectivity index (χ3n) is 4.45. The maximum atomic E-state index is 13.9. The van der Waals surface area contributed by atoms with Crippen molar-refractivity contribution in [2.45, 2.75) is 18.3 Å². The van der Waals surface area contributed by atoms with E-state index < -0.39 is 23.1 Å². The van der Waals surface area contributed by atoms with Crippen LogP contribution in [0.2, 0.25) is 0 Å². The molecule has 2 atom stereocenters. The Labute approximate surface area is 165 Å². The minimum atomic E-state index is -3.97. The summed E-state index contributed by atoms with van der Waals surface area (Å²) in [6.45, 7) is 1.79. The Morgan fingerprint density at radius 3 is 1.93 bits per heavy atom. The van der Waals surface area contributed by atoms with Gasteiger partial charge >= 0.3 is 0 Å². The van der Waals surface area contributed by atoms with E-state index in [0.29, 0.717) is 10.9 Å². The second kappa shape index (κ2) is 8.84. The number of hydrogen-bond donors (Lipinski definition) is 1. The minimum Gasteiger partial charge on any atom is -0.299 e. The third kappa shape index (κ3) is 4.97. The van der Waals surface area contributed by atoms with Crippen LogP contribution in [0.1, 0.15) is 23.7 Å². The van der Waals surface area contributed by atoms with Crippen LogP contribution in [0.4, 0.5) is 0 Å². The highest BCUT2D eigenvalue weighted by molar-refractivity contribution is 7.86. The molecule has 2 unspecified atom stereocenters. The van der Waals surface area contributed by atoms with Crippen molar-refractivity contribution in [3.8, 4) is 0 Å². The smallest absolute Gasteiger partial charge is 0.287 e. The molecule has 0 saturated heterocycles. The normalized spacial score (nSPS) is 14.9. The Balaban J connectivity index is 1.87. The van der Waals surface area contributed by atoms with Gasteiger partial charge in [-0.3, -0.25) is 4.57 Å². The average molecular weight is 415 g/mol. The summed E-state index contributed by atoms with van der Waals surface area (Å²) in [6, 6.07) is 26.8. The Bertz CT molecular complexity index is 1040. The Hall–Kier alpha value is -2.24. The second-order valence-corrected chi connectivity index (χ2v) is 10.8. The molecular formula is C21H22NO4PS. The summed E-state index contributed by atoms with van der Waals surface area (Å²) in [5.74, 6) is -0.310. The van der Waals surface area contributed by atoms with E-state index in [0.717, 1.165) is 5.56 Å². The lowest BCUT2D eigenvalue weighted by Gasteiger charge is -2.25. The van der Waals surface area contributed by atoms with E-state index in [1.807, 2.05) is 36.4 Å². The summed E-state index contributed by atoms with van der Waals surface area (Å²) in [5.41, 5.74) is 0.934. The SMILES string of the molecule is CC(c1ccccc1)P(=O)(NOS(=O)(=O)Cc1ccccc1)c1ccccc1. The van der Waals surface area contributed by atoms with Crippen molar-refractivity contribution in [3.05, 3.63) is 102 Å². The summed E-state index contributed by atoms with van der Waals surface area (Å²) < 4.78 is 43.8. The lowest BCUT2D eigenvalue weighted by molar-refractivity contribution is 0.272. The molecule has 0 aliphatic rings. The molecule has 0 heterocycles. The highest BCUT2D eigenvalue weighted by atomic mass is 32.2. The second-order valence-electron chi connectivity index (χ2n) is 6.44. The van der Waals surface area contributed by atoms with Crippen molar-refractivity contribution in [2.24, 2.45) is 0 Å². The highest BCUT2D eigenvalue weighted by Gasteiger charge is 2.35. The van der Waals surface area contributed by atoms with Gasteiger partial charge in [0, 0.05) is 5.30 Å². The van der Waals surface area contributed by atoms with Gasteiger partial charge in [0.2, 0.25) is 7.29 Å². The predicted octanol–water partition coefficient (Wildman–Crippen LogP) is 4.40. The summed E-state index contributed by atoms with van der Waals surface area (Å²) in [6.07, 6.45) is 0. The molecule has 0 aliphatic carbocycles. The molecule has 0 radical (unpaired) electrons. The monoisotopic (exact) mass is 415 g/mol. The van der Waals surface area contributed by atoms with Gasteiger partial charge in [0.1, 0.15) is 5.75 Å². The van der Waals surface area contributed by atoms with E-state index in [1.54, 1.807) is 61.5 Å². The Kier molecular flexibility index (Phi) is 6.47. The van der Waals surface area contributed by atoms with Gasteiger partial charge < -0.3 is 0 Å². The molecule has 7 heteroatoms. The largest absolute Gasteiger partial charge is 0.299 e. The van der Waals surface area contributed by atoms with Crippen molar-refractivity contribution >= 4 is 22.7 Å². The first-order chi connectivity index (χ1) is 13.4. The van der Waals surface area contributed by atoms with Gasteiger partial charge in [-0.1, -0.05) is 91.0 Å². The molecule has 0 spiro atoms. The zero-order valence-corrected chi connectivity index (χ0v) is 17.1. The van der Waals surface area contributed by atoms with Crippen LogP contribution in [0, 0.1) is 0 Å². The van der Waals surface area contributed by atoms with Crippen LogP contribution < -0.4 is 10.6 Å². The van der Waals surface area contributed by atoms with E-state index in [4.69, 9.17) is 4.28 Å². The van der Waals surface area contributed by atoms with Gasteiger partial charge in [0.05, 0.1) is 5.66 Å². The van der Waals surface area contributed by atoms with Gasteiger partial charge in [0.15, 0.2) is 0 Å². The molecule has 0 bridgehead atoms. The molecule has 0 saturated carbocycles. The molecular weight excluding hydrogens is 393 g/mol. The first-order valence-corrected chi connectivity index (χ1v) is 12.2. The molecule has 3 aromatic carbocycles. The van der Waals surface area contributed by atoms with Gasteiger partial charge in [-0.05, 0) is 18.1 Å². The van der Waals surface area contributed by atoms with Crippen LogP contribution in [0.5, 0.6) is 0 Å². The fourth-order valence-electron chi connectivity index (χ4n) is 2.87. The van der Waals surface area contributed by atoms with Crippen molar-refractivity contribution in [2.75, 3.05) is 0 Å². The molecule has 3 rings (SSSR count). The fraction of sp³-hybridized carbons (Fsp3) is 0.143. The molecule has 0 aromatic heterocycles. The lowest BCUT2D eigenvalue weighted by atomic mass is 10.2. The standard InChI is InChI=1S/C21H22NO4PS/c1-18(20-13-7-3-8-14-20)27(23,21-15-9-4-10-16-21)22-26-28(24,25)17-19-11-5-2-6-12-19/h2-16,18H,17H2,1H3,(H,22,23). The van der Waals surface area contributed by atoms with Crippen LogP contribution in [0.3, 0.4) is 0 Å². The highest BCUT2D eigenvalue weighted by Crippen LogP contribution is 2.54. The van der Waals surface area contributed by atoms with Crippen LogP contribution in [0.15, 0.2) is 91.0 Å². The number of rotatable bonds is 8. The zero-order valence-electron chi connectivity index (χ0n) is 15.4. The number of nitrogens with one attached hydrogen (secondary N) is 1. The summed E-state index contributed by atoms with van der Waals surface area (Å²) >= 11 is 0. The Morgan fingerprint density at radius 1 is 0.857 bits per heavy atom. The molecule has 0 aliphatic heterocycles. The van der Waals surface area contributed by atoms with Gasteiger partial charge in [-0.2, -0.15) is 12.7 Å². The van der Waals surface area contributed by atoms with Crippen molar-refractivity contribution in [3.63, 3.8) is 0 Å². The predicted molar refractivity (Wildman–Crippen MR) is 112 cm³/mol. The Morgan fingerprint density at radius 2 is 1.36 bits per heavy atom. The van der Waals surface area contributed by atoms with E-state index in [-0.39, 0.29) is 5.75 Å². The van der Waals surface area contributed by atoms with Gasteiger partial charge in [-0.25, -0.2) is 0 Å². The van der Waals surface area contributed by atoms with Crippen LogP contribution in [-0.2, 0) is 24.7 Å². The topological polar surface area (TPSA) is 72.5 Å². The summed E-state index contributed by atoms with van der Waals surface area (Å²) in [4.78, 5) is 0. The first-order valence-electron chi connectivity index (χ1n) is 8.83. The fourth-order valence-corrected chi connectivity index (χ4v) is 6.34. The lowest BCUT2D eigenvalue weighted by Crippen LogP contribution is -2.26.